The van der Waals surface area contributed by atoms with Gasteiger partial charge in [-0.1, -0.05) is 18.7 Å². The monoisotopic (exact) mass is 360 g/mol. The third-order valence-electron chi connectivity index (χ3n) is 5.65. The molecule has 3 fully saturated rings. The first-order chi connectivity index (χ1) is 12.1. The van der Waals surface area contributed by atoms with Crippen LogP contribution in [0.3, 0.4) is 0 Å². The standard InChI is InChI=1S/C20H25FN2O3/c1-5-16(24)22-9-13-6-7-14(15(21)8-13)10-23-17(25)20-11-19(4,12-20)26-18(20,2)3/h5-8H,1,9-12H2,2-4H3,(H,22,24)(H,23,25). The first-order valence-corrected chi connectivity index (χ1v) is 8.77. The van der Waals surface area contributed by atoms with Crippen molar-refractivity contribution in [2.75, 3.05) is 0 Å². The summed E-state index contributed by atoms with van der Waals surface area (Å²) >= 11 is 0. The van der Waals surface area contributed by atoms with E-state index in [9.17, 15) is 14.0 Å². The van der Waals surface area contributed by atoms with Crippen LogP contribution in [0.15, 0.2) is 30.9 Å². The molecule has 2 N–H and O–H groups in total. The third kappa shape index (κ3) is 3.03. The zero-order valence-corrected chi connectivity index (χ0v) is 15.4. The molecule has 2 saturated heterocycles. The minimum absolute atomic E-state index is 0.0841. The van der Waals surface area contributed by atoms with Gasteiger partial charge in [0.2, 0.25) is 11.8 Å². The van der Waals surface area contributed by atoms with Crippen LogP contribution >= 0.6 is 0 Å². The van der Waals surface area contributed by atoms with E-state index in [-0.39, 0.29) is 30.5 Å². The van der Waals surface area contributed by atoms with Crippen molar-refractivity contribution >= 4 is 11.8 Å². The highest BCUT2D eigenvalue weighted by Gasteiger charge is 2.72. The van der Waals surface area contributed by atoms with Gasteiger partial charge in [-0.15, -0.1) is 0 Å². The number of fused-ring (bicyclic) bond motifs is 1. The number of halogens is 1. The Hall–Kier alpha value is -2.21. The van der Waals surface area contributed by atoms with Gasteiger partial charge < -0.3 is 15.4 Å². The summed E-state index contributed by atoms with van der Waals surface area (Å²) in [5, 5.41) is 5.47. The summed E-state index contributed by atoms with van der Waals surface area (Å²) in [6.45, 7) is 9.62. The number of nitrogens with one attached hydrogen (secondary N) is 2. The van der Waals surface area contributed by atoms with Crippen molar-refractivity contribution in [2.45, 2.75) is 57.9 Å². The van der Waals surface area contributed by atoms with Gasteiger partial charge in [-0.05, 0) is 51.3 Å². The highest BCUT2D eigenvalue weighted by molar-refractivity contribution is 5.87. The maximum Gasteiger partial charge on any atom is 0.243 e. The lowest BCUT2D eigenvalue weighted by Gasteiger charge is -2.43. The molecule has 2 amide bonds. The van der Waals surface area contributed by atoms with Crippen LogP contribution in [0.5, 0.6) is 0 Å². The average Bonchev–Trinajstić information content (AvgIpc) is 2.89. The molecule has 3 aliphatic rings. The number of ether oxygens (including phenoxy) is 1. The van der Waals surface area contributed by atoms with Crippen LogP contribution < -0.4 is 10.6 Å². The van der Waals surface area contributed by atoms with Crippen molar-refractivity contribution in [3.05, 3.63) is 47.8 Å². The molecule has 26 heavy (non-hydrogen) atoms. The zero-order chi connectivity index (χ0) is 19.2. The second-order valence-electron chi connectivity index (χ2n) is 8.03. The summed E-state index contributed by atoms with van der Waals surface area (Å²) in [6, 6.07) is 4.73. The second kappa shape index (κ2) is 6.20. The van der Waals surface area contributed by atoms with E-state index in [1.807, 2.05) is 20.8 Å². The zero-order valence-electron chi connectivity index (χ0n) is 15.4. The van der Waals surface area contributed by atoms with Crippen molar-refractivity contribution in [1.82, 2.24) is 10.6 Å². The van der Waals surface area contributed by atoms with Gasteiger partial charge in [0, 0.05) is 18.7 Å². The van der Waals surface area contributed by atoms with Gasteiger partial charge in [-0.2, -0.15) is 0 Å². The Morgan fingerprint density at radius 1 is 1.23 bits per heavy atom. The fourth-order valence-electron chi connectivity index (χ4n) is 4.32. The molecule has 0 aromatic heterocycles. The average molecular weight is 360 g/mol. The molecule has 140 valence electrons. The fourth-order valence-corrected chi connectivity index (χ4v) is 4.32. The van der Waals surface area contributed by atoms with Crippen molar-refractivity contribution < 1.29 is 18.7 Å². The summed E-state index contributed by atoms with van der Waals surface area (Å²) in [4.78, 5) is 23.9. The minimum atomic E-state index is -0.535. The Morgan fingerprint density at radius 3 is 2.46 bits per heavy atom. The Morgan fingerprint density at radius 2 is 1.92 bits per heavy atom. The van der Waals surface area contributed by atoms with Crippen LogP contribution in [-0.4, -0.2) is 23.0 Å². The van der Waals surface area contributed by atoms with Gasteiger partial charge in [0.15, 0.2) is 0 Å². The maximum atomic E-state index is 14.3. The van der Waals surface area contributed by atoms with E-state index in [0.29, 0.717) is 24.0 Å². The van der Waals surface area contributed by atoms with Gasteiger partial charge in [0.25, 0.3) is 0 Å². The van der Waals surface area contributed by atoms with Crippen LogP contribution in [0.1, 0.15) is 44.7 Å². The van der Waals surface area contributed by atoms with Crippen molar-refractivity contribution in [2.24, 2.45) is 5.41 Å². The van der Waals surface area contributed by atoms with Gasteiger partial charge in [-0.25, -0.2) is 4.39 Å². The third-order valence-corrected chi connectivity index (χ3v) is 5.65. The van der Waals surface area contributed by atoms with Crippen LogP contribution in [0, 0.1) is 11.2 Å². The number of carbonyl (C=O) groups excluding carboxylic acids is 2. The summed E-state index contributed by atoms with van der Waals surface area (Å²) in [5.74, 6) is -0.803. The molecule has 5 nitrogen and oxygen atoms in total. The highest BCUT2D eigenvalue weighted by atomic mass is 19.1. The van der Waals surface area contributed by atoms with Crippen molar-refractivity contribution in [1.29, 1.82) is 0 Å². The molecule has 6 heteroatoms. The van der Waals surface area contributed by atoms with E-state index >= 15 is 0 Å². The summed E-state index contributed by atoms with van der Waals surface area (Å²) in [7, 11) is 0. The molecular formula is C20H25FN2O3. The molecule has 1 saturated carbocycles. The van der Waals surface area contributed by atoms with E-state index < -0.39 is 16.8 Å². The normalized spacial score (nSPS) is 28.2. The van der Waals surface area contributed by atoms with Crippen LogP contribution in [0.25, 0.3) is 0 Å². The molecule has 0 radical (unpaired) electrons. The molecule has 4 rings (SSSR count). The Balaban J connectivity index is 1.61. The molecule has 2 aliphatic heterocycles. The van der Waals surface area contributed by atoms with E-state index in [1.165, 1.54) is 12.1 Å². The Labute approximate surface area is 153 Å². The largest absolute Gasteiger partial charge is 0.368 e. The van der Waals surface area contributed by atoms with Crippen molar-refractivity contribution in [3.8, 4) is 0 Å². The molecule has 0 unspecified atom stereocenters. The van der Waals surface area contributed by atoms with Gasteiger partial charge in [-0.3, -0.25) is 9.59 Å². The highest BCUT2D eigenvalue weighted by Crippen LogP contribution is 2.66. The quantitative estimate of drug-likeness (QED) is 0.767. The molecule has 1 aromatic carbocycles. The number of hydrogen-bond donors (Lipinski definition) is 2. The Bertz CT molecular complexity index is 766. The SMILES string of the molecule is C=CC(=O)NCc1ccc(CNC(=O)C23CC(C)(C2)OC3(C)C)c(F)c1. The lowest BCUT2D eigenvalue weighted by Crippen LogP contribution is -2.55. The van der Waals surface area contributed by atoms with E-state index in [1.54, 1.807) is 12.1 Å². The predicted molar refractivity (Wildman–Crippen MR) is 95.5 cm³/mol. The first-order valence-electron chi connectivity index (χ1n) is 8.77. The lowest BCUT2D eigenvalue weighted by atomic mass is 9.56. The minimum Gasteiger partial charge on any atom is -0.368 e. The van der Waals surface area contributed by atoms with Crippen LogP contribution in [0.4, 0.5) is 4.39 Å². The topological polar surface area (TPSA) is 67.4 Å². The number of carbonyl (C=O) groups is 2. The Kier molecular flexibility index (Phi) is 4.43. The van der Waals surface area contributed by atoms with E-state index in [2.05, 4.69) is 17.2 Å². The number of benzene rings is 1. The van der Waals surface area contributed by atoms with Crippen molar-refractivity contribution in [3.63, 3.8) is 0 Å². The summed E-state index contributed by atoms with van der Waals surface area (Å²) in [6.07, 6.45) is 2.56. The smallest absolute Gasteiger partial charge is 0.243 e. The molecule has 0 atom stereocenters. The van der Waals surface area contributed by atoms with Gasteiger partial charge in [0.1, 0.15) is 5.82 Å². The predicted octanol–water partition coefficient (Wildman–Crippen LogP) is 2.59. The van der Waals surface area contributed by atoms with Gasteiger partial charge >= 0.3 is 0 Å². The van der Waals surface area contributed by atoms with Gasteiger partial charge in [0.05, 0.1) is 16.6 Å². The molecule has 1 aromatic rings. The summed E-state index contributed by atoms with van der Waals surface area (Å²) < 4.78 is 20.3. The molecular weight excluding hydrogens is 335 g/mol. The maximum absolute atomic E-state index is 14.3. The van der Waals surface area contributed by atoms with E-state index in [0.717, 1.165) is 0 Å². The number of hydrogen-bond acceptors (Lipinski definition) is 3. The summed E-state index contributed by atoms with van der Waals surface area (Å²) in [5.41, 5.74) is -0.215. The molecule has 2 heterocycles. The lowest BCUT2D eigenvalue weighted by molar-refractivity contribution is -0.138. The van der Waals surface area contributed by atoms with E-state index in [4.69, 9.17) is 4.74 Å². The van der Waals surface area contributed by atoms with Crippen LogP contribution in [0.2, 0.25) is 0 Å². The van der Waals surface area contributed by atoms with Crippen LogP contribution in [-0.2, 0) is 27.4 Å². The first kappa shape index (κ1) is 18.6. The molecule has 1 aliphatic carbocycles. The molecule has 0 spiro atoms. The number of rotatable bonds is 6. The number of amides is 2. The second-order valence-corrected chi connectivity index (χ2v) is 8.03. The fraction of sp³-hybridized carbons (Fsp3) is 0.500. The molecule has 2 bridgehead atoms.